The maximum absolute atomic E-state index is 10.6. The van der Waals surface area contributed by atoms with E-state index >= 15 is 0 Å². The first-order valence-electron chi connectivity index (χ1n) is 4.34. The van der Waals surface area contributed by atoms with E-state index in [1.54, 1.807) is 0 Å². The highest BCUT2D eigenvalue weighted by atomic mass is 35.5. The van der Waals surface area contributed by atoms with Crippen LogP contribution in [0.2, 0.25) is 0 Å². The minimum absolute atomic E-state index is 0.0411. The van der Waals surface area contributed by atoms with Gasteiger partial charge in [-0.2, -0.15) is 0 Å². The van der Waals surface area contributed by atoms with Crippen molar-refractivity contribution in [3.8, 4) is 0 Å². The van der Waals surface area contributed by atoms with Crippen LogP contribution in [0.3, 0.4) is 0 Å². The molecule has 15 heavy (non-hydrogen) atoms. The number of carbonyl (C=O) groups is 1. The van der Waals surface area contributed by atoms with Crippen molar-refractivity contribution in [2.45, 2.75) is 6.92 Å². The standard InChI is InChI=1S/C10H11ClN2O2/c1-8(14)15-10(7-11)13-12-9-5-3-2-4-6-9/h2-6,12H,7H2,1H3. The molecule has 0 aliphatic carbocycles. The number of hydrogen-bond acceptors (Lipinski definition) is 4. The van der Waals surface area contributed by atoms with Crippen LogP contribution in [0.15, 0.2) is 35.4 Å². The van der Waals surface area contributed by atoms with Crippen LogP contribution in [0.25, 0.3) is 0 Å². The summed E-state index contributed by atoms with van der Waals surface area (Å²) in [6.07, 6.45) is 0. The number of nitrogens with one attached hydrogen (secondary N) is 1. The number of carbonyl (C=O) groups excluding carboxylic acids is 1. The normalized spacial score (nSPS) is 10.9. The van der Waals surface area contributed by atoms with Crippen LogP contribution in [0.1, 0.15) is 6.92 Å². The lowest BCUT2D eigenvalue weighted by Crippen LogP contribution is -2.12. The Labute approximate surface area is 92.9 Å². The highest BCUT2D eigenvalue weighted by Crippen LogP contribution is 2.04. The lowest BCUT2D eigenvalue weighted by atomic mass is 10.3. The molecule has 0 aliphatic heterocycles. The van der Waals surface area contributed by atoms with Crippen LogP contribution < -0.4 is 5.43 Å². The summed E-state index contributed by atoms with van der Waals surface area (Å²) in [7, 11) is 0. The Hall–Kier alpha value is -1.55. The van der Waals surface area contributed by atoms with Crippen LogP contribution in [0.5, 0.6) is 0 Å². The van der Waals surface area contributed by atoms with Crippen LogP contribution in [-0.2, 0) is 9.53 Å². The second kappa shape index (κ2) is 6.03. The van der Waals surface area contributed by atoms with Crippen molar-refractivity contribution in [1.82, 2.24) is 0 Å². The van der Waals surface area contributed by atoms with Crippen LogP contribution >= 0.6 is 11.6 Å². The van der Waals surface area contributed by atoms with Gasteiger partial charge in [0.2, 0.25) is 5.90 Å². The third kappa shape index (κ3) is 4.46. The molecule has 0 fully saturated rings. The number of hydrogen-bond donors (Lipinski definition) is 1. The number of rotatable bonds is 3. The first-order valence-corrected chi connectivity index (χ1v) is 4.88. The molecule has 80 valence electrons. The zero-order valence-corrected chi connectivity index (χ0v) is 8.99. The summed E-state index contributed by atoms with van der Waals surface area (Å²) >= 11 is 5.53. The molecule has 0 radical (unpaired) electrons. The van der Waals surface area contributed by atoms with Crippen molar-refractivity contribution in [3.05, 3.63) is 30.3 Å². The van der Waals surface area contributed by atoms with Gasteiger partial charge in [0.05, 0.1) is 5.69 Å². The predicted octanol–water partition coefficient (Wildman–Crippen LogP) is 2.21. The van der Waals surface area contributed by atoms with Gasteiger partial charge in [-0.05, 0) is 12.1 Å². The Morgan fingerprint density at radius 1 is 1.47 bits per heavy atom. The number of ether oxygens (including phenoxy) is 1. The van der Waals surface area contributed by atoms with Gasteiger partial charge in [0.25, 0.3) is 0 Å². The van der Waals surface area contributed by atoms with Crippen molar-refractivity contribution in [2.75, 3.05) is 11.3 Å². The summed E-state index contributed by atoms with van der Waals surface area (Å²) in [6, 6.07) is 9.30. The fraction of sp³-hybridized carbons (Fsp3) is 0.200. The Bertz CT molecular complexity index is 352. The summed E-state index contributed by atoms with van der Waals surface area (Å²) in [4.78, 5) is 10.6. The van der Waals surface area contributed by atoms with E-state index in [1.807, 2.05) is 30.3 Å². The van der Waals surface area contributed by atoms with Gasteiger partial charge in [-0.1, -0.05) is 18.2 Å². The van der Waals surface area contributed by atoms with Gasteiger partial charge in [0.1, 0.15) is 5.88 Å². The van der Waals surface area contributed by atoms with E-state index in [-0.39, 0.29) is 11.8 Å². The molecule has 1 N–H and O–H groups in total. The number of hydrazone groups is 1. The third-order valence-corrected chi connectivity index (χ3v) is 1.69. The highest BCUT2D eigenvalue weighted by Gasteiger charge is 2.01. The first-order chi connectivity index (χ1) is 7.22. The monoisotopic (exact) mass is 226 g/mol. The maximum atomic E-state index is 10.6. The topological polar surface area (TPSA) is 50.7 Å². The molecular weight excluding hydrogens is 216 g/mol. The number of halogens is 1. The summed E-state index contributed by atoms with van der Waals surface area (Å²) in [5.74, 6) is -0.253. The van der Waals surface area contributed by atoms with Crippen molar-refractivity contribution in [1.29, 1.82) is 0 Å². The first kappa shape index (κ1) is 11.5. The molecule has 0 bridgehead atoms. The van der Waals surface area contributed by atoms with Crippen LogP contribution in [0, 0.1) is 0 Å². The fourth-order valence-corrected chi connectivity index (χ4v) is 1.000. The van der Waals surface area contributed by atoms with E-state index < -0.39 is 5.97 Å². The van der Waals surface area contributed by atoms with Gasteiger partial charge in [0, 0.05) is 6.92 Å². The van der Waals surface area contributed by atoms with Gasteiger partial charge in [0.15, 0.2) is 0 Å². The van der Waals surface area contributed by atoms with Crippen molar-refractivity contribution in [3.63, 3.8) is 0 Å². The third-order valence-electron chi connectivity index (χ3n) is 1.46. The minimum atomic E-state index is -0.440. The Morgan fingerprint density at radius 2 is 2.13 bits per heavy atom. The number of nitrogens with zero attached hydrogens (tertiary/aromatic N) is 1. The molecule has 0 amide bonds. The molecule has 5 heteroatoms. The molecule has 1 aromatic rings. The van der Waals surface area contributed by atoms with Crippen LogP contribution in [-0.4, -0.2) is 17.7 Å². The van der Waals surface area contributed by atoms with Gasteiger partial charge in [-0.3, -0.25) is 10.2 Å². The summed E-state index contributed by atoms with van der Waals surface area (Å²) in [5, 5.41) is 3.84. The quantitative estimate of drug-likeness (QED) is 0.283. The average Bonchev–Trinajstić information content (AvgIpc) is 2.25. The smallest absolute Gasteiger partial charge is 0.309 e. The van der Waals surface area contributed by atoms with E-state index in [0.717, 1.165) is 5.69 Å². The van der Waals surface area contributed by atoms with E-state index in [2.05, 4.69) is 10.5 Å². The zero-order chi connectivity index (χ0) is 11.1. The van der Waals surface area contributed by atoms with Crippen molar-refractivity contribution < 1.29 is 9.53 Å². The molecule has 0 saturated heterocycles. The average molecular weight is 227 g/mol. The van der Waals surface area contributed by atoms with Gasteiger partial charge in [-0.15, -0.1) is 16.7 Å². The van der Waals surface area contributed by atoms with E-state index in [4.69, 9.17) is 16.3 Å². The molecule has 0 heterocycles. The second-order valence-corrected chi connectivity index (χ2v) is 2.98. The number of anilines is 1. The van der Waals surface area contributed by atoms with Crippen molar-refractivity contribution >= 4 is 29.2 Å². The summed E-state index contributed by atoms with van der Waals surface area (Å²) < 4.78 is 4.74. The fourth-order valence-electron chi connectivity index (χ4n) is 0.885. The van der Waals surface area contributed by atoms with Gasteiger partial charge < -0.3 is 4.74 Å². The van der Waals surface area contributed by atoms with Crippen LogP contribution in [0.4, 0.5) is 5.69 Å². The molecule has 4 nitrogen and oxygen atoms in total. The SMILES string of the molecule is CC(=O)OC(CCl)=NNc1ccccc1. The Morgan fingerprint density at radius 3 is 2.67 bits per heavy atom. The molecule has 0 aliphatic rings. The van der Waals surface area contributed by atoms with E-state index in [1.165, 1.54) is 6.92 Å². The lowest BCUT2D eigenvalue weighted by molar-refractivity contribution is -0.133. The molecular formula is C10H11ClN2O2. The maximum Gasteiger partial charge on any atom is 0.309 e. The van der Waals surface area contributed by atoms with Gasteiger partial charge in [-0.25, -0.2) is 0 Å². The van der Waals surface area contributed by atoms with E-state index in [9.17, 15) is 4.79 Å². The largest absolute Gasteiger partial charge is 0.409 e. The minimum Gasteiger partial charge on any atom is -0.409 e. The summed E-state index contributed by atoms with van der Waals surface area (Å²) in [6.45, 7) is 1.30. The zero-order valence-electron chi connectivity index (χ0n) is 8.24. The van der Waals surface area contributed by atoms with E-state index in [0.29, 0.717) is 0 Å². The second-order valence-electron chi connectivity index (χ2n) is 2.71. The predicted molar refractivity (Wildman–Crippen MR) is 60.0 cm³/mol. The molecule has 0 spiro atoms. The molecule has 0 saturated carbocycles. The summed E-state index contributed by atoms with van der Waals surface area (Å²) in [5.41, 5.74) is 3.53. The highest BCUT2D eigenvalue weighted by molar-refractivity contribution is 6.27. The lowest BCUT2D eigenvalue weighted by Gasteiger charge is -2.03. The molecule has 0 atom stereocenters. The molecule has 0 aromatic heterocycles. The Balaban J connectivity index is 2.58. The number of benzene rings is 1. The molecule has 0 unspecified atom stereocenters. The Kier molecular flexibility index (Phi) is 4.63. The molecule has 1 rings (SSSR count). The number of esters is 1. The van der Waals surface area contributed by atoms with Gasteiger partial charge >= 0.3 is 5.97 Å². The number of alkyl halides is 1. The molecule has 1 aromatic carbocycles. The van der Waals surface area contributed by atoms with Crippen molar-refractivity contribution in [2.24, 2.45) is 5.10 Å². The number of para-hydroxylation sites is 1.